The highest BCUT2D eigenvalue weighted by atomic mass is 19.1. The van der Waals surface area contributed by atoms with Crippen LogP contribution in [0.1, 0.15) is 22.3 Å². The number of aromatic nitrogens is 1. The zero-order chi connectivity index (χ0) is 27.8. The van der Waals surface area contributed by atoms with Crippen molar-refractivity contribution in [2.24, 2.45) is 17.6 Å². The smallest absolute Gasteiger partial charge is 0.255 e. The van der Waals surface area contributed by atoms with Crippen molar-refractivity contribution in [3.63, 3.8) is 0 Å². The Balaban J connectivity index is 1.75. The molecule has 0 saturated heterocycles. The Labute approximate surface area is 215 Å². The van der Waals surface area contributed by atoms with Crippen LogP contribution in [0.5, 0.6) is 5.75 Å². The number of nitrogens with two attached hydrogens (primary N) is 2. The number of phenolic OH excluding ortho intramolecular Hbond substituents is 1. The first-order valence-corrected chi connectivity index (χ1v) is 11.7. The molecule has 38 heavy (non-hydrogen) atoms. The van der Waals surface area contributed by atoms with Gasteiger partial charge in [-0.2, -0.15) is 4.39 Å². The number of fused-ring (bicyclic) bond motifs is 3. The first-order chi connectivity index (χ1) is 17.8. The van der Waals surface area contributed by atoms with Crippen LogP contribution >= 0.6 is 0 Å². The molecule has 4 atom stereocenters. The molecule has 1 aromatic carbocycles. The highest BCUT2D eigenvalue weighted by Gasteiger charge is 2.63. The third-order valence-electron chi connectivity index (χ3n) is 7.79. The Morgan fingerprint density at radius 3 is 2.47 bits per heavy atom. The van der Waals surface area contributed by atoms with Gasteiger partial charge in [0.25, 0.3) is 5.91 Å². The van der Waals surface area contributed by atoms with E-state index in [0.29, 0.717) is 16.7 Å². The maximum Gasteiger partial charge on any atom is 0.255 e. The lowest BCUT2D eigenvalue weighted by atomic mass is 9.58. The number of carbonyl (C=O) groups excluding carboxylic acids is 3. The second-order valence-electron chi connectivity index (χ2n) is 10.0. The van der Waals surface area contributed by atoms with Crippen LogP contribution in [-0.4, -0.2) is 73.5 Å². The Kier molecular flexibility index (Phi) is 5.58. The number of benzene rings is 1. The number of allylic oxidation sites excluding steroid dienone is 1. The molecule has 0 bridgehead atoms. The van der Waals surface area contributed by atoms with Gasteiger partial charge in [-0.3, -0.25) is 19.3 Å². The van der Waals surface area contributed by atoms with Crippen LogP contribution in [0.3, 0.4) is 0 Å². The van der Waals surface area contributed by atoms with E-state index < -0.39 is 69.7 Å². The number of phenols is 1. The third kappa shape index (κ3) is 3.26. The molecule has 1 heterocycles. The quantitative estimate of drug-likeness (QED) is 0.145. The summed E-state index contributed by atoms with van der Waals surface area (Å²) < 4.78 is 13.5. The van der Waals surface area contributed by atoms with Gasteiger partial charge < -0.3 is 31.9 Å². The molecule has 8 N–H and O–H groups in total. The molecule has 0 saturated carbocycles. The second-order valence-corrected chi connectivity index (χ2v) is 10.0. The van der Waals surface area contributed by atoms with Gasteiger partial charge in [-0.15, -0.1) is 0 Å². The van der Waals surface area contributed by atoms with Crippen LogP contribution < -0.4 is 11.5 Å². The molecule has 2 aromatic rings. The minimum atomic E-state index is -2.73. The van der Waals surface area contributed by atoms with Gasteiger partial charge in [-0.25, -0.2) is 4.98 Å². The van der Waals surface area contributed by atoms with Crippen molar-refractivity contribution in [2.45, 2.75) is 24.5 Å². The molecule has 198 valence electrons. The molecule has 5 rings (SSSR count). The van der Waals surface area contributed by atoms with Gasteiger partial charge in [0, 0.05) is 23.3 Å². The zero-order valence-corrected chi connectivity index (χ0v) is 20.4. The van der Waals surface area contributed by atoms with Gasteiger partial charge in [0.1, 0.15) is 22.8 Å². The molecule has 0 unspecified atom stereocenters. The lowest BCUT2D eigenvalue weighted by molar-refractivity contribution is -0.148. The van der Waals surface area contributed by atoms with E-state index in [4.69, 9.17) is 11.5 Å². The summed E-state index contributed by atoms with van der Waals surface area (Å²) in [4.78, 5) is 44.3. The number of pyridine rings is 1. The number of hydrogen-bond acceptors (Lipinski definition) is 10. The van der Waals surface area contributed by atoms with Crippen LogP contribution in [0, 0.1) is 17.8 Å². The van der Waals surface area contributed by atoms with Crippen molar-refractivity contribution in [2.75, 3.05) is 19.8 Å². The van der Waals surface area contributed by atoms with Crippen molar-refractivity contribution < 1.29 is 39.2 Å². The average Bonchev–Trinajstić information content (AvgIpc) is 2.83. The Morgan fingerprint density at radius 1 is 1.21 bits per heavy atom. The fourth-order valence-electron chi connectivity index (χ4n) is 6.13. The minimum Gasteiger partial charge on any atom is -0.510 e. The number of carbonyl (C=O) groups is 3. The molecular weight excluding hydrogens is 499 g/mol. The van der Waals surface area contributed by atoms with Crippen LogP contribution in [0.2, 0.25) is 0 Å². The van der Waals surface area contributed by atoms with E-state index in [1.54, 1.807) is 14.1 Å². The molecule has 3 aliphatic carbocycles. The van der Waals surface area contributed by atoms with Gasteiger partial charge in [-0.05, 0) is 62.2 Å². The second kappa shape index (κ2) is 8.36. The van der Waals surface area contributed by atoms with Gasteiger partial charge >= 0.3 is 0 Å². The molecule has 1 amide bonds. The largest absolute Gasteiger partial charge is 0.510 e. The zero-order valence-electron chi connectivity index (χ0n) is 20.4. The van der Waals surface area contributed by atoms with E-state index in [2.05, 4.69) is 4.98 Å². The van der Waals surface area contributed by atoms with Crippen molar-refractivity contribution in [1.82, 2.24) is 9.88 Å². The summed E-state index contributed by atoms with van der Waals surface area (Å²) in [5, 5.41) is 44.6. The summed E-state index contributed by atoms with van der Waals surface area (Å²) in [6.45, 7) is 0. The van der Waals surface area contributed by atoms with E-state index >= 15 is 0 Å². The fourth-order valence-corrected chi connectivity index (χ4v) is 6.13. The van der Waals surface area contributed by atoms with Crippen molar-refractivity contribution in [3.8, 4) is 16.9 Å². The minimum absolute atomic E-state index is 0.0575. The highest BCUT2D eigenvalue weighted by Crippen LogP contribution is 2.53. The number of nitrogens with zero attached hydrogens (tertiary/aromatic N) is 2. The first-order valence-electron chi connectivity index (χ1n) is 11.7. The topological polar surface area (TPSA) is 200 Å². The summed E-state index contributed by atoms with van der Waals surface area (Å²) in [6, 6.07) is 2.91. The molecule has 3 aliphatic rings. The summed E-state index contributed by atoms with van der Waals surface area (Å²) in [7, 11) is 3.10. The number of amides is 1. The normalized spacial score (nSPS) is 26.8. The number of hydrogen-bond donors (Lipinski definition) is 6. The number of aromatic hydroxyl groups is 1. The molecule has 0 fully saturated rings. The molecule has 0 radical (unpaired) electrons. The van der Waals surface area contributed by atoms with Crippen LogP contribution in [0.25, 0.3) is 11.1 Å². The van der Waals surface area contributed by atoms with Gasteiger partial charge in [0.05, 0.1) is 17.3 Å². The maximum absolute atomic E-state index is 13.8. The van der Waals surface area contributed by atoms with Crippen molar-refractivity contribution in [3.05, 3.63) is 64.1 Å². The highest BCUT2D eigenvalue weighted by molar-refractivity contribution is 6.25. The SMILES string of the molecule is CN(C)[C@@H]1C(O)=C(C(N)=O)C(=O)[C@@]2(O)C(O)=C3C(=O)c4c(O)c(N)cc(-c5ccc(F)nc5)c4C[C@H]3C[C@@H]12. The van der Waals surface area contributed by atoms with E-state index in [1.807, 2.05) is 0 Å². The van der Waals surface area contributed by atoms with E-state index in [0.717, 1.165) is 6.07 Å². The van der Waals surface area contributed by atoms with E-state index in [-0.39, 0.29) is 29.7 Å². The lowest BCUT2D eigenvalue weighted by Gasteiger charge is -2.50. The van der Waals surface area contributed by atoms with Crippen molar-refractivity contribution in [1.29, 1.82) is 0 Å². The average molecular weight is 525 g/mol. The van der Waals surface area contributed by atoms with Crippen LogP contribution in [0.15, 0.2) is 47.1 Å². The molecule has 0 spiro atoms. The van der Waals surface area contributed by atoms with Crippen LogP contribution in [-0.2, 0) is 16.0 Å². The van der Waals surface area contributed by atoms with Gasteiger partial charge in [-0.1, -0.05) is 0 Å². The standard InChI is InChI=1S/C26H25FN4O7/c1-31(2)19-13-6-10-5-12-11(9-3-4-15(27)30-8-9)7-14(28)20(32)17(12)21(33)16(10)23(35)26(13,38)24(36)18(22(19)34)25(29)37/h3-4,7-8,10,13,19,32,34-35,38H,5-6,28H2,1-2H3,(H2,29,37)/t10-,13-,19-,26-/m0/s1. The number of primary amides is 1. The van der Waals surface area contributed by atoms with Crippen LogP contribution in [0.4, 0.5) is 10.1 Å². The number of aliphatic hydroxyl groups excluding tert-OH is 2. The van der Waals surface area contributed by atoms with Crippen molar-refractivity contribution >= 4 is 23.2 Å². The van der Waals surface area contributed by atoms with E-state index in [9.17, 15) is 39.2 Å². The number of anilines is 1. The monoisotopic (exact) mass is 524 g/mol. The fraction of sp³-hybridized carbons (Fsp3) is 0.308. The third-order valence-corrected chi connectivity index (χ3v) is 7.79. The number of rotatable bonds is 3. The summed E-state index contributed by atoms with van der Waals surface area (Å²) in [6.07, 6.45) is 1.26. The number of likely N-dealkylation sites (N-methyl/N-ethyl adjacent to an activating group) is 1. The Hall–Kier alpha value is -4.29. The van der Waals surface area contributed by atoms with E-state index in [1.165, 1.54) is 23.2 Å². The molecule has 12 heteroatoms. The first kappa shape index (κ1) is 25.4. The molecule has 1 aromatic heterocycles. The van der Waals surface area contributed by atoms with Gasteiger partial charge in [0.2, 0.25) is 11.7 Å². The lowest BCUT2D eigenvalue weighted by Crippen LogP contribution is -2.63. The number of Topliss-reactive ketones (excluding diaryl/α,β-unsaturated/α-hetero) is 2. The molecule has 0 aliphatic heterocycles. The number of halogens is 1. The summed E-state index contributed by atoms with van der Waals surface area (Å²) >= 11 is 0. The van der Waals surface area contributed by atoms with Gasteiger partial charge in [0.15, 0.2) is 11.4 Å². The summed E-state index contributed by atoms with van der Waals surface area (Å²) in [5.41, 5.74) is 8.22. The number of nitrogen functional groups attached to an aromatic ring is 1. The molecular formula is C26H25FN4O7. The Bertz CT molecular complexity index is 1500. The number of aliphatic hydroxyl groups is 3. The predicted octanol–water partition coefficient (Wildman–Crippen LogP) is 0.904. The Morgan fingerprint density at radius 2 is 1.89 bits per heavy atom. The predicted molar refractivity (Wildman–Crippen MR) is 131 cm³/mol. The number of ketones is 2. The molecule has 11 nitrogen and oxygen atoms in total. The maximum atomic E-state index is 13.8. The summed E-state index contributed by atoms with van der Waals surface area (Å²) in [5.74, 6) is -8.26.